The number of carbonyl (C=O) groups excluding carboxylic acids is 1. The molecule has 0 aromatic carbocycles. The van der Waals surface area contributed by atoms with E-state index in [2.05, 4.69) is 29.9 Å². The Hall–Kier alpha value is -2.74. The van der Waals surface area contributed by atoms with Crippen molar-refractivity contribution in [3.63, 3.8) is 0 Å². The van der Waals surface area contributed by atoms with Crippen LogP contribution in [-0.2, 0) is 4.74 Å². The number of ether oxygens (including phenoxy) is 1. The topological polar surface area (TPSA) is 97.2 Å². The molecule has 0 radical (unpaired) electrons. The first-order chi connectivity index (χ1) is 12.7. The Morgan fingerprint density at radius 3 is 2.96 bits per heavy atom. The van der Waals surface area contributed by atoms with Gasteiger partial charge in [-0.25, -0.2) is 9.97 Å². The highest BCUT2D eigenvalue weighted by Gasteiger charge is 2.34. The monoisotopic (exact) mass is 352 g/mol. The van der Waals surface area contributed by atoms with Crippen LogP contribution in [0.4, 0.5) is 0 Å². The molecule has 2 aliphatic rings. The first-order valence-electron chi connectivity index (χ1n) is 8.97. The molecular weight excluding hydrogens is 332 g/mol. The van der Waals surface area contributed by atoms with Gasteiger partial charge in [0.1, 0.15) is 18.3 Å². The number of imidazole rings is 1. The fourth-order valence-electron chi connectivity index (χ4n) is 3.75. The highest BCUT2D eigenvalue weighted by Crippen LogP contribution is 2.40. The summed E-state index contributed by atoms with van der Waals surface area (Å²) in [7, 11) is 0. The third-order valence-electron chi connectivity index (χ3n) is 5.26. The Labute approximate surface area is 150 Å². The molecule has 2 fully saturated rings. The summed E-state index contributed by atoms with van der Waals surface area (Å²) in [6.45, 7) is 2.57. The van der Waals surface area contributed by atoms with E-state index >= 15 is 0 Å². The van der Waals surface area contributed by atoms with Gasteiger partial charge in [-0.2, -0.15) is 5.10 Å². The van der Waals surface area contributed by atoms with Crippen molar-refractivity contribution in [1.82, 2.24) is 29.9 Å². The predicted molar refractivity (Wildman–Crippen MR) is 92.9 cm³/mol. The van der Waals surface area contributed by atoms with Crippen LogP contribution in [0.1, 0.15) is 59.0 Å². The summed E-state index contributed by atoms with van der Waals surface area (Å²) >= 11 is 0. The minimum Gasteiger partial charge on any atom is -0.368 e. The second kappa shape index (κ2) is 5.91. The number of nitrogens with one attached hydrogen (secondary N) is 2. The summed E-state index contributed by atoms with van der Waals surface area (Å²) in [5, 5.41) is 9.82. The van der Waals surface area contributed by atoms with Gasteiger partial charge in [0.15, 0.2) is 5.82 Å². The van der Waals surface area contributed by atoms with Crippen LogP contribution in [-0.4, -0.2) is 43.1 Å². The van der Waals surface area contributed by atoms with Gasteiger partial charge in [0.2, 0.25) is 0 Å². The van der Waals surface area contributed by atoms with Gasteiger partial charge in [-0.3, -0.25) is 14.3 Å². The third kappa shape index (κ3) is 2.48. The number of aromatic amines is 1. The quantitative estimate of drug-likeness (QED) is 0.747. The van der Waals surface area contributed by atoms with E-state index in [-0.39, 0.29) is 18.1 Å². The van der Waals surface area contributed by atoms with Crippen LogP contribution in [0.15, 0.2) is 24.7 Å². The highest BCUT2D eigenvalue weighted by atomic mass is 16.5. The maximum Gasteiger partial charge on any atom is 0.253 e. The molecule has 2 atom stereocenters. The maximum absolute atomic E-state index is 13.0. The molecule has 8 nitrogen and oxygen atoms in total. The average molecular weight is 352 g/mol. The Bertz CT molecular complexity index is 960. The molecule has 0 bridgehead atoms. The molecule has 5 rings (SSSR count). The number of aryl methyl sites for hydroxylation is 1. The summed E-state index contributed by atoms with van der Waals surface area (Å²) in [6, 6.07) is 3.70. The van der Waals surface area contributed by atoms with Crippen LogP contribution < -0.4 is 5.32 Å². The molecule has 1 aliphatic heterocycles. The van der Waals surface area contributed by atoms with Crippen LogP contribution in [0.5, 0.6) is 0 Å². The van der Waals surface area contributed by atoms with Crippen molar-refractivity contribution in [2.24, 2.45) is 0 Å². The molecule has 2 N–H and O–H groups in total. The Balaban J connectivity index is 1.43. The van der Waals surface area contributed by atoms with Crippen LogP contribution in [0.25, 0.3) is 5.52 Å². The van der Waals surface area contributed by atoms with Crippen LogP contribution in [0.3, 0.4) is 0 Å². The van der Waals surface area contributed by atoms with Gasteiger partial charge >= 0.3 is 0 Å². The predicted octanol–water partition coefficient (Wildman–Crippen LogP) is 1.90. The van der Waals surface area contributed by atoms with Gasteiger partial charge in [0.05, 0.1) is 23.3 Å². The molecule has 0 unspecified atom stereocenters. The molecular formula is C18H20N6O2. The van der Waals surface area contributed by atoms with Crippen molar-refractivity contribution in [3.05, 3.63) is 47.6 Å². The molecule has 1 saturated carbocycles. The Morgan fingerprint density at radius 2 is 2.19 bits per heavy atom. The number of amides is 1. The van der Waals surface area contributed by atoms with E-state index in [4.69, 9.17) is 4.74 Å². The SMILES string of the molecule is Cc1c(C(=O)N[C@H]2CCO[C@H]2c2ncn[nH]2)ccc2cnc(C3CC3)n12. The zero-order valence-electron chi connectivity index (χ0n) is 14.5. The van der Waals surface area contributed by atoms with E-state index in [0.29, 0.717) is 23.9 Å². The molecule has 8 heteroatoms. The minimum absolute atomic E-state index is 0.0973. The first kappa shape index (κ1) is 15.5. The van der Waals surface area contributed by atoms with Crippen molar-refractivity contribution in [2.45, 2.75) is 44.2 Å². The van der Waals surface area contributed by atoms with E-state index < -0.39 is 0 Å². The Morgan fingerprint density at radius 1 is 1.31 bits per heavy atom. The zero-order valence-corrected chi connectivity index (χ0v) is 14.5. The minimum atomic E-state index is -0.291. The van der Waals surface area contributed by atoms with Crippen LogP contribution in [0.2, 0.25) is 0 Å². The maximum atomic E-state index is 13.0. The number of aromatic nitrogens is 5. The molecule has 1 saturated heterocycles. The van der Waals surface area contributed by atoms with Crippen molar-refractivity contribution in [1.29, 1.82) is 0 Å². The van der Waals surface area contributed by atoms with Gasteiger partial charge in [0.25, 0.3) is 5.91 Å². The van der Waals surface area contributed by atoms with E-state index in [1.807, 2.05) is 25.3 Å². The van der Waals surface area contributed by atoms with Crippen LogP contribution >= 0.6 is 0 Å². The molecule has 0 spiro atoms. The second-order valence-corrected chi connectivity index (χ2v) is 7.01. The number of rotatable bonds is 4. The standard InChI is InChI=1S/C18H20N6O2/c1-10-13(5-4-12-8-19-17(24(10)12)11-2-3-11)18(25)22-14-6-7-26-15(14)16-20-9-21-23-16/h4-5,8-9,11,14-15H,2-3,6-7H2,1H3,(H,22,25)(H,20,21,23)/t14-,15+/m0/s1. The summed E-state index contributed by atoms with van der Waals surface area (Å²) in [6.07, 6.45) is 6.14. The summed E-state index contributed by atoms with van der Waals surface area (Å²) in [5.74, 6) is 2.13. The van der Waals surface area contributed by atoms with Gasteiger partial charge < -0.3 is 10.1 Å². The molecule has 1 aliphatic carbocycles. The van der Waals surface area contributed by atoms with E-state index in [0.717, 1.165) is 23.5 Å². The largest absolute Gasteiger partial charge is 0.368 e. The normalized spacial score (nSPS) is 22.8. The molecule has 26 heavy (non-hydrogen) atoms. The lowest BCUT2D eigenvalue weighted by atomic mass is 10.1. The van der Waals surface area contributed by atoms with Gasteiger partial charge in [-0.15, -0.1) is 0 Å². The van der Waals surface area contributed by atoms with E-state index in [1.165, 1.54) is 19.2 Å². The van der Waals surface area contributed by atoms with E-state index in [1.54, 1.807) is 0 Å². The number of hydrogen-bond donors (Lipinski definition) is 2. The van der Waals surface area contributed by atoms with Crippen LogP contribution in [0, 0.1) is 6.92 Å². The van der Waals surface area contributed by atoms with Crippen molar-refractivity contribution in [3.8, 4) is 0 Å². The number of fused-ring (bicyclic) bond motifs is 1. The van der Waals surface area contributed by atoms with Gasteiger partial charge in [-0.1, -0.05) is 0 Å². The summed E-state index contributed by atoms with van der Waals surface area (Å²) in [5.41, 5.74) is 2.62. The van der Waals surface area contributed by atoms with Crippen molar-refractivity contribution < 1.29 is 9.53 Å². The fraction of sp³-hybridized carbons (Fsp3) is 0.444. The Kier molecular flexibility index (Phi) is 3.53. The van der Waals surface area contributed by atoms with Gasteiger partial charge in [0, 0.05) is 18.2 Å². The molecule has 3 aromatic heterocycles. The molecule has 1 amide bonds. The molecule has 3 aromatic rings. The lowest BCUT2D eigenvalue weighted by molar-refractivity contribution is 0.0791. The lowest BCUT2D eigenvalue weighted by Gasteiger charge is -2.19. The fourth-order valence-corrected chi connectivity index (χ4v) is 3.75. The van der Waals surface area contributed by atoms with Gasteiger partial charge in [-0.05, 0) is 38.3 Å². The lowest BCUT2D eigenvalue weighted by Crippen LogP contribution is -2.37. The number of H-pyrrole nitrogens is 1. The van der Waals surface area contributed by atoms with Crippen molar-refractivity contribution in [2.75, 3.05) is 6.61 Å². The second-order valence-electron chi connectivity index (χ2n) is 7.01. The zero-order chi connectivity index (χ0) is 17.7. The number of carbonyl (C=O) groups is 1. The number of hydrogen-bond acceptors (Lipinski definition) is 5. The highest BCUT2D eigenvalue weighted by molar-refractivity contribution is 5.96. The third-order valence-corrected chi connectivity index (χ3v) is 5.26. The molecule has 134 valence electrons. The average Bonchev–Trinajstić information content (AvgIpc) is 3.05. The number of pyridine rings is 1. The molecule has 4 heterocycles. The van der Waals surface area contributed by atoms with E-state index in [9.17, 15) is 4.79 Å². The number of nitrogens with zero attached hydrogens (tertiary/aromatic N) is 4. The van der Waals surface area contributed by atoms with Crippen molar-refractivity contribution >= 4 is 11.4 Å². The first-order valence-corrected chi connectivity index (χ1v) is 8.97. The summed E-state index contributed by atoms with van der Waals surface area (Å²) < 4.78 is 7.85. The summed E-state index contributed by atoms with van der Waals surface area (Å²) in [4.78, 5) is 21.7. The smallest absolute Gasteiger partial charge is 0.253 e.